The number of ether oxygens (including phenoxy) is 1. The van der Waals surface area contributed by atoms with E-state index in [1.54, 1.807) is 0 Å². The highest BCUT2D eigenvalue weighted by Crippen LogP contribution is 2.49. The number of nitrogens with one attached hydrogen (secondary N) is 1. The van der Waals surface area contributed by atoms with Crippen molar-refractivity contribution in [3.8, 4) is 0 Å². The second-order valence-electron chi connectivity index (χ2n) is 6.47. The fourth-order valence-electron chi connectivity index (χ4n) is 3.82. The number of hydrogen-bond donors (Lipinski definition) is 1. The van der Waals surface area contributed by atoms with Crippen LogP contribution in [0.2, 0.25) is 0 Å². The second-order valence-corrected chi connectivity index (χ2v) is 6.47. The van der Waals surface area contributed by atoms with Crippen LogP contribution in [0.15, 0.2) is 18.2 Å². The number of hydrogen-bond acceptors (Lipinski definition) is 3. The van der Waals surface area contributed by atoms with E-state index >= 15 is 0 Å². The first-order valence-corrected chi connectivity index (χ1v) is 7.92. The molecule has 3 rings (SSSR count). The Balaban J connectivity index is 1.42. The molecule has 2 saturated carbocycles. The number of anilines is 1. The first-order chi connectivity index (χ1) is 11.0. The maximum absolute atomic E-state index is 13.4. The summed E-state index contributed by atoms with van der Waals surface area (Å²) in [6, 6.07) is 2.84. The third-order valence-corrected chi connectivity index (χ3v) is 4.88. The van der Waals surface area contributed by atoms with Gasteiger partial charge in [0.05, 0.1) is 5.69 Å². The molecule has 23 heavy (non-hydrogen) atoms. The lowest BCUT2D eigenvalue weighted by atomic mass is 9.86. The Labute approximate surface area is 133 Å². The zero-order valence-corrected chi connectivity index (χ0v) is 12.7. The van der Waals surface area contributed by atoms with Crippen LogP contribution in [0.5, 0.6) is 0 Å². The van der Waals surface area contributed by atoms with Crippen molar-refractivity contribution in [1.29, 1.82) is 0 Å². The van der Waals surface area contributed by atoms with Crippen molar-refractivity contribution in [3.63, 3.8) is 0 Å². The highest BCUT2D eigenvalue weighted by molar-refractivity contribution is 5.92. The molecule has 3 unspecified atom stereocenters. The van der Waals surface area contributed by atoms with Gasteiger partial charge >= 0.3 is 5.97 Å². The molecule has 6 heteroatoms. The minimum absolute atomic E-state index is 0.138. The maximum atomic E-state index is 13.4. The van der Waals surface area contributed by atoms with E-state index in [4.69, 9.17) is 4.74 Å². The van der Waals surface area contributed by atoms with Crippen molar-refractivity contribution < 1.29 is 23.1 Å². The molecule has 0 radical (unpaired) electrons. The highest BCUT2D eigenvalue weighted by atomic mass is 19.1. The minimum atomic E-state index is -0.869. The molecule has 1 aromatic rings. The summed E-state index contributed by atoms with van der Waals surface area (Å²) in [7, 11) is 0. The number of esters is 1. The van der Waals surface area contributed by atoms with Crippen molar-refractivity contribution in [3.05, 3.63) is 29.8 Å². The third kappa shape index (κ3) is 3.86. The van der Waals surface area contributed by atoms with Gasteiger partial charge in [-0.05, 0) is 49.1 Å². The van der Waals surface area contributed by atoms with E-state index in [0.717, 1.165) is 24.5 Å². The highest BCUT2D eigenvalue weighted by Gasteiger charge is 2.40. The fraction of sp³-hybridized carbons (Fsp3) is 0.529. The Hall–Kier alpha value is -1.98. The Bertz CT molecular complexity index is 620. The molecule has 0 aromatic heterocycles. The number of fused-ring (bicyclic) bond motifs is 2. The van der Waals surface area contributed by atoms with Crippen molar-refractivity contribution in [2.75, 3.05) is 11.9 Å². The number of halogens is 2. The lowest BCUT2D eigenvalue weighted by Gasteiger charge is -2.20. The van der Waals surface area contributed by atoms with Gasteiger partial charge in [-0.2, -0.15) is 0 Å². The molecule has 3 atom stereocenters. The summed E-state index contributed by atoms with van der Waals surface area (Å²) >= 11 is 0. The number of rotatable bonds is 5. The molecule has 124 valence electrons. The zero-order valence-electron chi connectivity index (χ0n) is 12.7. The third-order valence-electron chi connectivity index (χ3n) is 4.88. The molecule has 4 nitrogen and oxygen atoms in total. The van der Waals surface area contributed by atoms with Crippen molar-refractivity contribution >= 4 is 17.6 Å². The van der Waals surface area contributed by atoms with Gasteiger partial charge < -0.3 is 10.1 Å². The molecular formula is C17H19F2NO3. The first kappa shape index (κ1) is 15.9. The smallest absolute Gasteiger partial charge is 0.306 e. The SMILES string of the molecule is O=C(COC(=O)CC1CC2CCC1C2)Nc1ccc(F)cc1F. The summed E-state index contributed by atoms with van der Waals surface area (Å²) in [6.45, 7) is -0.462. The zero-order chi connectivity index (χ0) is 16.4. The minimum Gasteiger partial charge on any atom is -0.456 e. The number of amides is 1. The average Bonchev–Trinajstić information content (AvgIpc) is 3.11. The van der Waals surface area contributed by atoms with Gasteiger partial charge in [-0.3, -0.25) is 9.59 Å². The summed E-state index contributed by atoms with van der Waals surface area (Å²) in [4.78, 5) is 23.5. The first-order valence-electron chi connectivity index (χ1n) is 7.92. The molecule has 2 aliphatic rings. The molecule has 1 aromatic carbocycles. The normalized spacial score (nSPS) is 25.4. The van der Waals surface area contributed by atoms with Gasteiger partial charge in [0.15, 0.2) is 6.61 Å². The van der Waals surface area contributed by atoms with Crippen molar-refractivity contribution in [1.82, 2.24) is 0 Å². The molecule has 0 heterocycles. The predicted octanol–water partition coefficient (Wildman–Crippen LogP) is 3.27. The van der Waals surface area contributed by atoms with Gasteiger partial charge in [0.25, 0.3) is 5.91 Å². The molecular weight excluding hydrogens is 304 g/mol. The van der Waals surface area contributed by atoms with Gasteiger partial charge in [-0.15, -0.1) is 0 Å². The summed E-state index contributed by atoms with van der Waals surface area (Å²) in [5.74, 6) is -0.880. The molecule has 1 amide bonds. The molecule has 1 N–H and O–H groups in total. The van der Waals surface area contributed by atoms with Gasteiger partial charge in [-0.1, -0.05) is 6.42 Å². The van der Waals surface area contributed by atoms with Gasteiger partial charge in [0.1, 0.15) is 11.6 Å². The van der Waals surface area contributed by atoms with E-state index in [1.165, 1.54) is 19.3 Å². The number of carbonyl (C=O) groups is 2. The van der Waals surface area contributed by atoms with Gasteiger partial charge in [0, 0.05) is 12.5 Å². The van der Waals surface area contributed by atoms with Crippen LogP contribution >= 0.6 is 0 Å². The Morgan fingerprint density at radius 2 is 2.04 bits per heavy atom. The summed E-state index contributed by atoms with van der Waals surface area (Å²) in [5.41, 5.74) is -0.138. The Morgan fingerprint density at radius 1 is 1.22 bits per heavy atom. The van der Waals surface area contributed by atoms with Crippen LogP contribution < -0.4 is 5.32 Å². The van der Waals surface area contributed by atoms with Crippen LogP contribution in [0, 0.1) is 29.4 Å². The lowest BCUT2D eigenvalue weighted by molar-refractivity contribution is -0.148. The molecule has 2 aliphatic carbocycles. The molecule has 0 aliphatic heterocycles. The van der Waals surface area contributed by atoms with Crippen LogP contribution in [-0.2, 0) is 14.3 Å². The van der Waals surface area contributed by atoms with Crippen molar-refractivity contribution in [2.45, 2.75) is 32.1 Å². The van der Waals surface area contributed by atoms with E-state index in [9.17, 15) is 18.4 Å². The summed E-state index contributed by atoms with van der Waals surface area (Å²) in [6.07, 6.45) is 5.09. The lowest BCUT2D eigenvalue weighted by Crippen LogP contribution is -2.23. The standard InChI is InChI=1S/C17H19F2NO3/c18-13-3-4-15(14(19)8-13)20-16(21)9-23-17(22)7-12-6-10-1-2-11(12)5-10/h3-4,8,10-12H,1-2,5-7,9H2,(H,20,21). The van der Waals surface area contributed by atoms with Gasteiger partial charge in [-0.25, -0.2) is 8.78 Å². The average molecular weight is 323 g/mol. The molecule has 0 saturated heterocycles. The van der Waals surface area contributed by atoms with E-state index in [2.05, 4.69) is 5.32 Å². The number of carbonyl (C=O) groups excluding carboxylic acids is 2. The van der Waals surface area contributed by atoms with E-state index in [1.807, 2.05) is 0 Å². The van der Waals surface area contributed by atoms with Crippen LogP contribution in [-0.4, -0.2) is 18.5 Å². The monoisotopic (exact) mass is 323 g/mol. The fourth-order valence-corrected chi connectivity index (χ4v) is 3.82. The summed E-state index contributed by atoms with van der Waals surface area (Å²) < 4.78 is 31.1. The largest absolute Gasteiger partial charge is 0.456 e. The van der Waals surface area contributed by atoms with Crippen LogP contribution in [0.1, 0.15) is 32.1 Å². The van der Waals surface area contributed by atoms with Crippen LogP contribution in [0.25, 0.3) is 0 Å². The molecule has 2 fully saturated rings. The van der Waals surface area contributed by atoms with Gasteiger partial charge in [0.2, 0.25) is 0 Å². The molecule has 0 spiro atoms. The maximum Gasteiger partial charge on any atom is 0.306 e. The summed E-state index contributed by atoms with van der Waals surface area (Å²) in [5, 5.41) is 2.26. The number of benzene rings is 1. The van der Waals surface area contributed by atoms with E-state index in [0.29, 0.717) is 24.3 Å². The quantitative estimate of drug-likeness (QED) is 0.846. The van der Waals surface area contributed by atoms with E-state index < -0.39 is 30.1 Å². The van der Waals surface area contributed by atoms with Crippen LogP contribution in [0.4, 0.5) is 14.5 Å². The van der Waals surface area contributed by atoms with Crippen LogP contribution in [0.3, 0.4) is 0 Å². The second kappa shape index (κ2) is 6.64. The Kier molecular flexibility index (Phi) is 4.59. The topological polar surface area (TPSA) is 55.4 Å². The Morgan fingerprint density at radius 3 is 2.70 bits per heavy atom. The molecule has 2 bridgehead atoms. The van der Waals surface area contributed by atoms with Crippen molar-refractivity contribution in [2.24, 2.45) is 17.8 Å². The van der Waals surface area contributed by atoms with E-state index in [-0.39, 0.29) is 5.69 Å². The predicted molar refractivity (Wildman–Crippen MR) is 79.5 cm³/mol.